The van der Waals surface area contributed by atoms with Crippen molar-refractivity contribution in [3.8, 4) is 6.07 Å². The molecule has 7 heteroatoms. The first kappa shape index (κ1) is 18.8. The summed E-state index contributed by atoms with van der Waals surface area (Å²) < 4.78 is 1.95. The van der Waals surface area contributed by atoms with E-state index in [2.05, 4.69) is 35.1 Å². The Morgan fingerprint density at radius 3 is 2.52 bits per heavy atom. The van der Waals surface area contributed by atoms with E-state index in [1.807, 2.05) is 47.0 Å². The molecule has 1 saturated heterocycles. The van der Waals surface area contributed by atoms with E-state index in [9.17, 15) is 10.1 Å². The molecule has 1 fully saturated rings. The van der Waals surface area contributed by atoms with Crippen molar-refractivity contribution in [2.24, 2.45) is 13.0 Å². The van der Waals surface area contributed by atoms with Crippen LogP contribution in [0.4, 0.5) is 10.5 Å². The summed E-state index contributed by atoms with van der Waals surface area (Å²) in [6.45, 7) is 6.82. The van der Waals surface area contributed by atoms with Crippen LogP contribution in [0.25, 0.3) is 0 Å². The van der Waals surface area contributed by atoms with Gasteiger partial charge in [-0.05, 0) is 18.1 Å². The van der Waals surface area contributed by atoms with E-state index in [-0.39, 0.29) is 18.0 Å². The highest BCUT2D eigenvalue weighted by molar-refractivity contribution is 5.75. The van der Waals surface area contributed by atoms with Crippen molar-refractivity contribution in [2.45, 2.75) is 19.9 Å². The molecule has 3 rings (SSSR count). The summed E-state index contributed by atoms with van der Waals surface area (Å²) in [5.41, 5.74) is 1.61. The van der Waals surface area contributed by atoms with Crippen molar-refractivity contribution in [2.75, 3.05) is 31.1 Å². The van der Waals surface area contributed by atoms with Gasteiger partial charge in [-0.3, -0.25) is 0 Å². The Hall–Kier alpha value is -3.01. The van der Waals surface area contributed by atoms with Crippen LogP contribution in [0.2, 0.25) is 0 Å². The van der Waals surface area contributed by atoms with Gasteiger partial charge in [0.2, 0.25) is 0 Å². The fraction of sp³-hybridized carbons (Fsp3) is 0.450. The minimum atomic E-state index is -0.130. The fourth-order valence-electron chi connectivity index (χ4n) is 3.42. The smallest absolute Gasteiger partial charge is 0.318 e. The molecule has 1 N–H and O–H groups in total. The molecule has 27 heavy (non-hydrogen) atoms. The van der Waals surface area contributed by atoms with Crippen LogP contribution in [0.15, 0.2) is 36.7 Å². The van der Waals surface area contributed by atoms with Crippen LogP contribution < -0.4 is 10.2 Å². The van der Waals surface area contributed by atoms with E-state index < -0.39 is 0 Å². The molecule has 1 unspecified atom stereocenters. The second-order valence-corrected chi connectivity index (χ2v) is 7.17. The van der Waals surface area contributed by atoms with Crippen LogP contribution in [-0.4, -0.2) is 46.7 Å². The van der Waals surface area contributed by atoms with Crippen molar-refractivity contribution in [1.29, 1.82) is 5.26 Å². The topological polar surface area (TPSA) is 77.2 Å². The number of benzene rings is 1. The van der Waals surface area contributed by atoms with E-state index in [1.165, 1.54) is 0 Å². The van der Waals surface area contributed by atoms with Gasteiger partial charge in [0, 0.05) is 45.6 Å². The van der Waals surface area contributed by atoms with E-state index in [4.69, 9.17) is 0 Å². The summed E-state index contributed by atoms with van der Waals surface area (Å²) >= 11 is 0. The van der Waals surface area contributed by atoms with E-state index in [1.54, 1.807) is 6.20 Å². The Kier molecular flexibility index (Phi) is 5.65. The minimum absolute atomic E-state index is 0.0649. The van der Waals surface area contributed by atoms with Crippen LogP contribution in [0.5, 0.6) is 0 Å². The molecule has 0 radical (unpaired) electrons. The number of nitriles is 1. The number of carbonyl (C=O) groups excluding carboxylic acids is 1. The zero-order valence-corrected chi connectivity index (χ0v) is 16.1. The number of imidazole rings is 1. The van der Waals surface area contributed by atoms with Gasteiger partial charge in [0.15, 0.2) is 0 Å². The van der Waals surface area contributed by atoms with Crippen LogP contribution >= 0.6 is 0 Å². The third-order valence-electron chi connectivity index (χ3n) is 5.01. The van der Waals surface area contributed by atoms with Crippen LogP contribution in [0.1, 0.15) is 31.3 Å². The molecule has 0 saturated carbocycles. The number of nitrogens with one attached hydrogen (secondary N) is 1. The van der Waals surface area contributed by atoms with Crippen molar-refractivity contribution in [1.82, 2.24) is 19.8 Å². The largest absolute Gasteiger partial charge is 0.367 e. The Morgan fingerprint density at radius 1 is 1.22 bits per heavy atom. The third kappa shape index (κ3) is 4.05. The summed E-state index contributed by atoms with van der Waals surface area (Å²) in [7, 11) is 1.94. The van der Waals surface area contributed by atoms with Crippen molar-refractivity contribution >= 4 is 11.7 Å². The first-order chi connectivity index (χ1) is 13.0. The number of carbonyl (C=O) groups is 1. The summed E-state index contributed by atoms with van der Waals surface area (Å²) in [4.78, 5) is 21.2. The molecule has 2 heterocycles. The maximum atomic E-state index is 12.8. The lowest BCUT2D eigenvalue weighted by atomic mass is 10.0. The molecule has 2 aromatic rings. The zero-order chi connectivity index (χ0) is 19.4. The number of rotatable bonds is 4. The number of nitrogens with zero attached hydrogens (tertiary/aromatic N) is 5. The Morgan fingerprint density at radius 2 is 1.93 bits per heavy atom. The Bertz CT molecular complexity index is 829. The molecule has 0 spiro atoms. The molecule has 7 nitrogen and oxygen atoms in total. The highest BCUT2D eigenvalue weighted by Crippen LogP contribution is 2.22. The van der Waals surface area contributed by atoms with Gasteiger partial charge in [0.1, 0.15) is 11.9 Å². The van der Waals surface area contributed by atoms with Crippen LogP contribution in [-0.2, 0) is 7.05 Å². The molecular formula is C20H26N6O. The van der Waals surface area contributed by atoms with Gasteiger partial charge in [0.25, 0.3) is 0 Å². The average Bonchev–Trinajstić information content (AvgIpc) is 3.11. The standard InChI is InChI=1S/C20H26N6O/c1-15(2)18(19-22-8-9-24(19)3)23-20(27)26-12-10-25(11-13-26)17-7-5-4-6-16(17)14-21/h4-9,15,18H,10-13H2,1-3H3,(H,23,27). The number of amides is 2. The monoisotopic (exact) mass is 366 g/mol. The highest BCUT2D eigenvalue weighted by Gasteiger charge is 2.27. The van der Waals surface area contributed by atoms with Crippen molar-refractivity contribution in [3.63, 3.8) is 0 Å². The average molecular weight is 366 g/mol. The normalized spacial score (nSPS) is 15.5. The van der Waals surface area contributed by atoms with E-state index in [0.29, 0.717) is 31.7 Å². The lowest BCUT2D eigenvalue weighted by molar-refractivity contribution is 0.185. The number of urea groups is 1. The molecule has 1 aromatic heterocycles. The maximum Gasteiger partial charge on any atom is 0.318 e. The summed E-state index contributed by atoms with van der Waals surface area (Å²) in [6, 6.07) is 9.65. The maximum absolute atomic E-state index is 12.8. The van der Waals surface area contributed by atoms with Gasteiger partial charge < -0.3 is 19.7 Å². The Labute approximate surface area is 160 Å². The lowest BCUT2D eigenvalue weighted by Crippen LogP contribution is -2.53. The molecule has 0 aliphatic carbocycles. The molecule has 1 aromatic carbocycles. The first-order valence-corrected chi connectivity index (χ1v) is 9.28. The number of hydrogen-bond acceptors (Lipinski definition) is 4. The zero-order valence-electron chi connectivity index (χ0n) is 16.1. The van der Waals surface area contributed by atoms with Gasteiger partial charge >= 0.3 is 6.03 Å². The predicted molar refractivity (Wildman–Crippen MR) is 104 cm³/mol. The summed E-state index contributed by atoms with van der Waals surface area (Å²) in [5, 5.41) is 12.4. The molecular weight excluding hydrogens is 340 g/mol. The number of piperazine rings is 1. The highest BCUT2D eigenvalue weighted by atomic mass is 16.2. The molecule has 0 bridgehead atoms. The van der Waals surface area contributed by atoms with Gasteiger partial charge in [-0.2, -0.15) is 5.26 Å². The molecule has 142 valence electrons. The SMILES string of the molecule is CC(C)C(NC(=O)N1CCN(c2ccccc2C#N)CC1)c1nccn1C. The fourth-order valence-corrected chi connectivity index (χ4v) is 3.42. The number of aromatic nitrogens is 2. The summed E-state index contributed by atoms with van der Waals surface area (Å²) in [6.07, 6.45) is 3.64. The van der Waals surface area contributed by atoms with Crippen LogP contribution in [0.3, 0.4) is 0 Å². The molecule has 1 aliphatic rings. The van der Waals surface area contributed by atoms with Crippen molar-refractivity contribution < 1.29 is 4.79 Å². The number of anilines is 1. The number of para-hydroxylation sites is 1. The third-order valence-corrected chi connectivity index (χ3v) is 5.01. The predicted octanol–water partition coefficient (Wildman–Crippen LogP) is 2.52. The number of aryl methyl sites for hydroxylation is 1. The second-order valence-electron chi connectivity index (χ2n) is 7.17. The van der Waals surface area contributed by atoms with Crippen molar-refractivity contribution in [3.05, 3.63) is 48.0 Å². The van der Waals surface area contributed by atoms with Gasteiger partial charge in [-0.15, -0.1) is 0 Å². The van der Waals surface area contributed by atoms with E-state index >= 15 is 0 Å². The second kappa shape index (κ2) is 8.12. The van der Waals surface area contributed by atoms with Gasteiger partial charge in [-0.1, -0.05) is 26.0 Å². The van der Waals surface area contributed by atoms with Gasteiger partial charge in [-0.25, -0.2) is 9.78 Å². The van der Waals surface area contributed by atoms with Crippen LogP contribution in [0, 0.1) is 17.2 Å². The van der Waals surface area contributed by atoms with Gasteiger partial charge in [0.05, 0.1) is 17.3 Å². The minimum Gasteiger partial charge on any atom is -0.367 e. The summed E-state index contributed by atoms with van der Waals surface area (Å²) in [5.74, 6) is 1.10. The lowest BCUT2D eigenvalue weighted by Gasteiger charge is -2.37. The molecule has 1 aliphatic heterocycles. The molecule has 1 atom stereocenters. The number of hydrogen-bond donors (Lipinski definition) is 1. The molecule has 2 amide bonds. The quantitative estimate of drug-likeness (QED) is 0.902. The van der Waals surface area contributed by atoms with E-state index in [0.717, 1.165) is 11.5 Å². The Balaban J connectivity index is 1.63. The first-order valence-electron chi connectivity index (χ1n) is 9.28.